The highest BCUT2D eigenvalue weighted by Crippen LogP contribution is 2.21. The summed E-state index contributed by atoms with van der Waals surface area (Å²) in [4.78, 5) is 44.8. The molecule has 0 aliphatic carbocycles. The molecule has 9 heteroatoms. The van der Waals surface area contributed by atoms with Gasteiger partial charge in [-0.2, -0.15) is 0 Å². The lowest BCUT2D eigenvalue weighted by Crippen LogP contribution is -2.46. The molecule has 2 rings (SSSR count). The van der Waals surface area contributed by atoms with E-state index in [1.165, 1.54) is 11.3 Å². The summed E-state index contributed by atoms with van der Waals surface area (Å²) in [7, 11) is 0. The Morgan fingerprint density at radius 1 is 1.46 bits per heavy atom. The molecule has 0 unspecified atom stereocenters. The maximum Gasteiger partial charge on any atom is 0.340 e. The molecule has 8 nitrogen and oxygen atoms in total. The number of aliphatic imine (C=N–C) groups is 1. The van der Waals surface area contributed by atoms with Gasteiger partial charge in [0.1, 0.15) is 28.5 Å². The molecule has 1 aliphatic rings. The lowest BCUT2D eigenvalue weighted by Gasteiger charge is -2.38. The number of hydrogen-bond donors (Lipinski definition) is 2. The maximum absolute atomic E-state index is 12.2. The standard InChI is InChI=1S/C19H22N4O4S/c1-12(2)6-17(23-9-14(10-23)11-24)22-13(3)21-8-15(19(26)27)16(25)7-18-20-4-5-28-18/h4-6,8,11,14H,1,7,9-10H2,2-3H3,(H,21,22)(H,26,27)/b15-8+,17-6+. The second-order valence-electron chi connectivity index (χ2n) is 6.38. The number of nitrogens with zero attached hydrogens (tertiary/aromatic N) is 3. The van der Waals surface area contributed by atoms with Gasteiger partial charge in [-0.1, -0.05) is 12.2 Å². The molecule has 0 aromatic carbocycles. The Morgan fingerprint density at radius 3 is 2.71 bits per heavy atom. The van der Waals surface area contributed by atoms with E-state index in [2.05, 4.69) is 21.9 Å². The van der Waals surface area contributed by atoms with E-state index in [-0.39, 0.29) is 17.9 Å². The van der Waals surface area contributed by atoms with Crippen molar-refractivity contribution >= 4 is 35.2 Å². The molecule has 0 saturated carbocycles. The zero-order valence-electron chi connectivity index (χ0n) is 15.7. The van der Waals surface area contributed by atoms with Crippen LogP contribution >= 0.6 is 11.3 Å². The van der Waals surface area contributed by atoms with Crippen LogP contribution < -0.4 is 5.32 Å². The van der Waals surface area contributed by atoms with E-state index in [9.17, 15) is 19.5 Å². The average molecular weight is 402 g/mol. The number of allylic oxidation sites excluding steroid dienone is 2. The van der Waals surface area contributed by atoms with Gasteiger partial charge in [-0.25, -0.2) is 14.8 Å². The van der Waals surface area contributed by atoms with Gasteiger partial charge >= 0.3 is 5.97 Å². The molecule has 2 N–H and O–H groups in total. The first-order valence-electron chi connectivity index (χ1n) is 8.54. The molecule has 1 aliphatic heterocycles. The van der Waals surface area contributed by atoms with Crippen LogP contribution in [0.4, 0.5) is 0 Å². The third kappa shape index (κ3) is 5.98. The summed E-state index contributed by atoms with van der Waals surface area (Å²) in [5.41, 5.74) is 0.418. The van der Waals surface area contributed by atoms with Crippen molar-refractivity contribution in [3.8, 4) is 0 Å². The SMILES string of the molecule is C=C(C)/C=C(\N=C(/C)N/C=C(/C(=O)O)C(=O)Cc1nccs1)N1CC(C=O)C1. The molecule has 0 amide bonds. The van der Waals surface area contributed by atoms with Crippen molar-refractivity contribution in [2.45, 2.75) is 20.3 Å². The van der Waals surface area contributed by atoms with E-state index in [0.29, 0.717) is 29.8 Å². The number of rotatable bonds is 9. The predicted molar refractivity (Wildman–Crippen MR) is 107 cm³/mol. The summed E-state index contributed by atoms with van der Waals surface area (Å²) in [6, 6.07) is 0. The lowest BCUT2D eigenvalue weighted by atomic mass is 10.0. The molecule has 0 radical (unpaired) electrons. The van der Waals surface area contributed by atoms with Crippen molar-refractivity contribution in [2.75, 3.05) is 13.1 Å². The van der Waals surface area contributed by atoms with E-state index in [4.69, 9.17) is 0 Å². The van der Waals surface area contributed by atoms with Gasteiger partial charge in [-0.3, -0.25) is 4.79 Å². The number of hydrogen-bond acceptors (Lipinski definition) is 7. The zero-order valence-corrected chi connectivity index (χ0v) is 16.5. The van der Waals surface area contributed by atoms with Crippen molar-refractivity contribution in [1.29, 1.82) is 0 Å². The first kappa shape index (κ1) is 21.2. The Kier molecular flexibility index (Phi) is 7.39. The minimum atomic E-state index is -1.32. The van der Waals surface area contributed by atoms with Gasteiger partial charge in [-0.15, -0.1) is 11.3 Å². The number of carbonyl (C=O) groups is 3. The van der Waals surface area contributed by atoms with Gasteiger partial charge in [0.2, 0.25) is 0 Å². The minimum absolute atomic E-state index is 0.0148. The Hall–Kier alpha value is -3.07. The van der Waals surface area contributed by atoms with E-state index >= 15 is 0 Å². The highest BCUT2D eigenvalue weighted by molar-refractivity contribution is 7.09. The summed E-state index contributed by atoms with van der Waals surface area (Å²) in [6.45, 7) is 8.47. The summed E-state index contributed by atoms with van der Waals surface area (Å²) < 4.78 is 0. The normalized spacial score (nSPS) is 15.8. The summed E-state index contributed by atoms with van der Waals surface area (Å²) in [6.07, 6.45) is 5.32. The van der Waals surface area contributed by atoms with Crippen LogP contribution in [-0.4, -0.2) is 52.0 Å². The van der Waals surface area contributed by atoms with E-state index in [1.807, 2.05) is 11.8 Å². The van der Waals surface area contributed by atoms with Crippen LogP contribution in [0, 0.1) is 5.92 Å². The number of thiazole rings is 1. The number of aldehydes is 1. The van der Waals surface area contributed by atoms with Gasteiger partial charge in [-0.05, 0) is 19.9 Å². The molecule has 2 heterocycles. The molecular weight excluding hydrogens is 380 g/mol. The fourth-order valence-corrected chi connectivity index (χ4v) is 3.03. The highest BCUT2D eigenvalue weighted by atomic mass is 32.1. The molecule has 28 heavy (non-hydrogen) atoms. The Labute approximate surface area is 167 Å². The van der Waals surface area contributed by atoms with E-state index in [1.54, 1.807) is 24.6 Å². The molecular formula is C19H22N4O4S. The summed E-state index contributed by atoms with van der Waals surface area (Å²) in [5, 5.41) is 14.4. The lowest BCUT2D eigenvalue weighted by molar-refractivity contribution is -0.134. The molecule has 0 spiro atoms. The summed E-state index contributed by atoms with van der Waals surface area (Å²) in [5.74, 6) is -0.857. The number of aromatic nitrogens is 1. The van der Waals surface area contributed by atoms with Crippen LogP contribution in [0.2, 0.25) is 0 Å². The van der Waals surface area contributed by atoms with Gasteiger partial charge in [0.05, 0.1) is 6.42 Å². The third-order valence-electron chi connectivity index (χ3n) is 3.84. The second kappa shape index (κ2) is 9.75. The number of Topliss-reactive ketones (excluding diaryl/α,β-unsaturated/α-hetero) is 1. The predicted octanol–water partition coefficient (Wildman–Crippen LogP) is 1.78. The molecule has 0 bridgehead atoms. The van der Waals surface area contributed by atoms with Crippen molar-refractivity contribution in [2.24, 2.45) is 10.9 Å². The summed E-state index contributed by atoms with van der Waals surface area (Å²) >= 11 is 1.29. The fraction of sp³-hybridized carbons (Fsp3) is 0.316. The Balaban J connectivity index is 2.11. The highest BCUT2D eigenvalue weighted by Gasteiger charge is 2.27. The van der Waals surface area contributed by atoms with Crippen molar-refractivity contribution < 1.29 is 19.5 Å². The van der Waals surface area contributed by atoms with E-state index < -0.39 is 11.8 Å². The van der Waals surface area contributed by atoms with Gasteiger partial charge in [0.15, 0.2) is 5.78 Å². The topological polar surface area (TPSA) is 112 Å². The number of nitrogens with one attached hydrogen (secondary N) is 1. The van der Waals surface area contributed by atoms with Gasteiger partial charge < -0.3 is 20.1 Å². The van der Waals surface area contributed by atoms with Crippen LogP contribution in [0.15, 0.2) is 52.4 Å². The molecule has 1 aromatic rings. The van der Waals surface area contributed by atoms with E-state index in [0.717, 1.165) is 18.1 Å². The number of carboxylic acid groups (broad SMARTS) is 1. The van der Waals surface area contributed by atoms with Crippen molar-refractivity contribution in [1.82, 2.24) is 15.2 Å². The van der Waals surface area contributed by atoms with Crippen LogP contribution in [0.25, 0.3) is 0 Å². The number of carboxylic acids is 1. The maximum atomic E-state index is 12.2. The van der Waals surface area contributed by atoms with Crippen LogP contribution in [0.3, 0.4) is 0 Å². The largest absolute Gasteiger partial charge is 0.478 e. The molecule has 1 saturated heterocycles. The van der Waals surface area contributed by atoms with Crippen LogP contribution in [-0.2, 0) is 20.8 Å². The monoisotopic (exact) mass is 402 g/mol. The molecule has 1 aromatic heterocycles. The van der Waals surface area contributed by atoms with Gasteiger partial charge in [0.25, 0.3) is 0 Å². The van der Waals surface area contributed by atoms with Crippen molar-refractivity contribution in [3.05, 3.63) is 52.4 Å². The minimum Gasteiger partial charge on any atom is -0.478 e. The average Bonchev–Trinajstić information content (AvgIpc) is 3.05. The Bertz CT molecular complexity index is 849. The fourth-order valence-electron chi connectivity index (χ4n) is 2.42. The molecule has 148 valence electrons. The molecule has 0 atom stereocenters. The number of amidine groups is 1. The second-order valence-corrected chi connectivity index (χ2v) is 7.36. The molecule has 1 fully saturated rings. The number of likely N-dealkylation sites (tertiary alicyclic amines) is 1. The van der Waals surface area contributed by atoms with Crippen LogP contribution in [0.5, 0.6) is 0 Å². The number of aliphatic carboxylic acids is 1. The number of ketones is 1. The Morgan fingerprint density at radius 2 is 2.18 bits per heavy atom. The van der Waals surface area contributed by atoms with Crippen LogP contribution in [0.1, 0.15) is 18.9 Å². The van der Waals surface area contributed by atoms with Crippen molar-refractivity contribution in [3.63, 3.8) is 0 Å². The first-order valence-corrected chi connectivity index (χ1v) is 9.42. The number of carbonyl (C=O) groups excluding carboxylic acids is 2. The smallest absolute Gasteiger partial charge is 0.340 e. The first-order chi connectivity index (χ1) is 13.3. The third-order valence-corrected chi connectivity index (χ3v) is 4.62. The zero-order chi connectivity index (χ0) is 20.7. The van der Waals surface area contributed by atoms with Gasteiger partial charge in [0, 0.05) is 36.8 Å². The quantitative estimate of drug-likeness (QED) is 0.123.